The van der Waals surface area contributed by atoms with Gasteiger partial charge in [0, 0.05) is 19.8 Å². The molecule has 2 rings (SSSR count). The van der Waals surface area contributed by atoms with Gasteiger partial charge in [-0.2, -0.15) is 0 Å². The van der Waals surface area contributed by atoms with Crippen LogP contribution in [0.3, 0.4) is 0 Å². The zero-order chi connectivity index (χ0) is 11.6. The summed E-state index contributed by atoms with van der Waals surface area (Å²) in [5, 5.41) is 11.6. The standard InChI is InChI=1S/C11H17NO4/c13-9(11(3-4-11)10(14)15)12-5-1-8-2-6-16-7-8/h8H,1-7H2,(H,12,13)(H,14,15). The number of nitrogens with one attached hydrogen (secondary N) is 1. The van der Waals surface area contributed by atoms with Crippen molar-refractivity contribution in [2.45, 2.75) is 25.7 Å². The van der Waals surface area contributed by atoms with Crippen molar-refractivity contribution < 1.29 is 19.4 Å². The largest absolute Gasteiger partial charge is 0.480 e. The van der Waals surface area contributed by atoms with Crippen LogP contribution < -0.4 is 5.32 Å². The summed E-state index contributed by atoms with van der Waals surface area (Å²) in [5.74, 6) is -0.798. The lowest BCUT2D eigenvalue weighted by atomic mass is 10.0. The molecule has 16 heavy (non-hydrogen) atoms. The molecule has 1 amide bonds. The third-order valence-corrected chi connectivity index (χ3v) is 3.46. The highest BCUT2D eigenvalue weighted by molar-refractivity contribution is 6.04. The molecule has 1 saturated heterocycles. The maximum absolute atomic E-state index is 11.6. The lowest BCUT2D eigenvalue weighted by Crippen LogP contribution is -2.37. The van der Waals surface area contributed by atoms with Gasteiger partial charge in [0.05, 0.1) is 0 Å². The van der Waals surface area contributed by atoms with Gasteiger partial charge < -0.3 is 15.2 Å². The Kier molecular flexibility index (Phi) is 3.14. The Labute approximate surface area is 94.2 Å². The molecule has 0 aromatic heterocycles. The van der Waals surface area contributed by atoms with Gasteiger partial charge in [-0.05, 0) is 31.6 Å². The smallest absolute Gasteiger partial charge is 0.319 e. The van der Waals surface area contributed by atoms with Crippen molar-refractivity contribution in [3.8, 4) is 0 Å². The molecule has 0 aromatic rings. The van der Waals surface area contributed by atoms with Crippen molar-refractivity contribution >= 4 is 11.9 Å². The van der Waals surface area contributed by atoms with Gasteiger partial charge in [-0.25, -0.2) is 0 Å². The van der Waals surface area contributed by atoms with E-state index in [2.05, 4.69) is 5.32 Å². The number of carboxylic acids is 1. The molecule has 2 aliphatic rings. The molecule has 1 aliphatic carbocycles. The van der Waals surface area contributed by atoms with Crippen molar-refractivity contribution in [3.63, 3.8) is 0 Å². The number of amides is 1. The summed E-state index contributed by atoms with van der Waals surface area (Å²) in [7, 11) is 0. The highest BCUT2D eigenvalue weighted by atomic mass is 16.5. The number of ether oxygens (including phenoxy) is 1. The Balaban J connectivity index is 1.70. The van der Waals surface area contributed by atoms with E-state index in [-0.39, 0.29) is 5.91 Å². The minimum absolute atomic E-state index is 0.320. The SMILES string of the molecule is O=C(O)C1(C(=O)NCCC2CCOC2)CC1. The molecule has 1 heterocycles. The molecular formula is C11H17NO4. The van der Waals surface area contributed by atoms with Crippen molar-refractivity contribution in [3.05, 3.63) is 0 Å². The van der Waals surface area contributed by atoms with Crippen LogP contribution in [-0.4, -0.2) is 36.7 Å². The minimum atomic E-state index is -1.10. The Morgan fingerprint density at radius 3 is 2.69 bits per heavy atom. The Morgan fingerprint density at radius 2 is 2.19 bits per heavy atom. The van der Waals surface area contributed by atoms with Crippen LogP contribution in [0.2, 0.25) is 0 Å². The first-order valence-corrected chi connectivity index (χ1v) is 5.74. The number of rotatable bonds is 5. The average molecular weight is 227 g/mol. The fourth-order valence-corrected chi connectivity index (χ4v) is 2.03. The number of carbonyl (C=O) groups excluding carboxylic acids is 1. The first-order chi connectivity index (χ1) is 7.65. The number of hydrogen-bond acceptors (Lipinski definition) is 3. The van der Waals surface area contributed by atoms with E-state index in [4.69, 9.17) is 9.84 Å². The quantitative estimate of drug-likeness (QED) is 0.666. The van der Waals surface area contributed by atoms with Gasteiger partial charge in [0.25, 0.3) is 0 Å². The van der Waals surface area contributed by atoms with E-state index < -0.39 is 11.4 Å². The first-order valence-electron chi connectivity index (χ1n) is 5.74. The van der Waals surface area contributed by atoms with Crippen LogP contribution in [0.1, 0.15) is 25.7 Å². The van der Waals surface area contributed by atoms with Crippen LogP contribution in [0.15, 0.2) is 0 Å². The minimum Gasteiger partial charge on any atom is -0.480 e. The van der Waals surface area contributed by atoms with Crippen LogP contribution in [-0.2, 0) is 14.3 Å². The Hall–Kier alpha value is -1.10. The second-order valence-electron chi connectivity index (χ2n) is 4.66. The topological polar surface area (TPSA) is 75.6 Å². The number of carbonyl (C=O) groups is 2. The molecule has 90 valence electrons. The molecule has 1 atom stereocenters. The predicted octanol–water partition coefficient (Wildman–Crippen LogP) is 0.394. The van der Waals surface area contributed by atoms with Gasteiger partial charge in [0.1, 0.15) is 5.41 Å². The first kappa shape index (κ1) is 11.4. The monoisotopic (exact) mass is 227 g/mol. The zero-order valence-corrected chi connectivity index (χ0v) is 9.20. The lowest BCUT2D eigenvalue weighted by Gasteiger charge is -2.12. The third-order valence-electron chi connectivity index (χ3n) is 3.46. The molecule has 1 unspecified atom stereocenters. The molecule has 0 spiro atoms. The molecule has 5 nitrogen and oxygen atoms in total. The fourth-order valence-electron chi connectivity index (χ4n) is 2.03. The van der Waals surface area contributed by atoms with Gasteiger partial charge in [-0.15, -0.1) is 0 Å². The van der Waals surface area contributed by atoms with Gasteiger partial charge >= 0.3 is 5.97 Å². The van der Waals surface area contributed by atoms with Crippen LogP contribution in [0.5, 0.6) is 0 Å². The van der Waals surface area contributed by atoms with Gasteiger partial charge in [0.2, 0.25) is 5.91 Å². The normalized spacial score (nSPS) is 26.4. The molecular weight excluding hydrogens is 210 g/mol. The summed E-state index contributed by atoms with van der Waals surface area (Å²) in [6.07, 6.45) is 2.86. The number of carboxylic acid groups (broad SMARTS) is 1. The van der Waals surface area contributed by atoms with E-state index in [0.29, 0.717) is 25.3 Å². The summed E-state index contributed by atoms with van der Waals surface area (Å²) in [4.78, 5) is 22.5. The van der Waals surface area contributed by atoms with Crippen LogP contribution in [0.25, 0.3) is 0 Å². The number of hydrogen-bond donors (Lipinski definition) is 2. The van der Waals surface area contributed by atoms with E-state index >= 15 is 0 Å². The van der Waals surface area contributed by atoms with E-state index in [1.54, 1.807) is 0 Å². The van der Waals surface area contributed by atoms with Gasteiger partial charge in [-0.3, -0.25) is 9.59 Å². The highest BCUT2D eigenvalue weighted by Gasteiger charge is 2.56. The summed E-state index contributed by atoms with van der Waals surface area (Å²) < 4.78 is 5.23. The molecule has 1 saturated carbocycles. The molecule has 0 bridgehead atoms. The van der Waals surface area contributed by atoms with Crippen LogP contribution in [0.4, 0.5) is 0 Å². The number of aliphatic carboxylic acids is 1. The van der Waals surface area contributed by atoms with E-state index in [0.717, 1.165) is 26.1 Å². The summed E-state index contributed by atoms with van der Waals surface area (Å²) in [5.41, 5.74) is -1.10. The predicted molar refractivity (Wildman–Crippen MR) is 55.9 cm³/mol. The summed E-state index contributed by atoms with van der Waals surface area (Å²) in [6, 6.07) is 0. The third kappa shape index (κ3) is 2.19. The maximum atomic E-state index is 11.6. The average Bonchev–Trinajstić information content (AvgIpc) is 2.92. The summed E-state index contributed by atoms with van der Waals surface area (Å²) in [6.45, 7) is 2.12. The van der Waals surface area contributed by atoms with E-state index in [9.17, 15) is 9.59 Å². The van der Waals surface area contributed by atoms with Crippen molar-refractivity contribution in [1.29, 1.82) is 0 Å². The van der Waals surface area contributed by atoms with Crippen molar-refractivity contribution in [2.75, 3.05) is 19.8 Å². The Bertz CT molecular complexity index is 292. The molecule has 5 heteroatoms. The van der Waals surface area contributed by atoms with Crippen molar-refractivity contribution in [1.82, 2.24) is 5.32 Å². The molecule has 0 aromatic carbocycles. The molecule has 1 aliphatic heterocycles. The fraction of sp³-hybridized carbons (Fsp3) is 0.818. The summed E-state index contributed by atoms with van der Waals surface area (Å²) >= 11 is 0. The molecule has 2 fully saturated rings. The lowest BCUT2D eigenvalue weighted by molar-refractivity contribution is -0.149. The molecule has 2 N–H and O–H groups in total. The molecule has 0 radical (unpaired) electrons. The van der Waals surface area contributed by atoms with Crippen molar-refractivity contribution in [2.24, 2.45) is 11.3 Å². The van der Waals surface area contributed by atoms with E-state index in [1.165, 1.54) is 0 Å². The Morgan fingerprint density at radius 1 is 1.44 bits per heavy atom. The van der Waals surface area contributed by atoms with Gasteiger partial charge in [-0.1, -0.05) is 0 Å². The van der Waals surface area contributed by atoms with E-state index in [1.807, 2.05) is 0 Å². The van der Waals surface area contributed by atoms with Gasteiger partial charge in [0.15, 0.2) is 0 Å². The second kappa shape index (κ2) is 4.41. The zero-order valence-electron chi connectivity index (χ0n) is 9.20. The van der Waals surface area contributed by atoms with Crippen LogP contribution in [0, 0.1) is 11.3 Å². The maximum Gasteiger partial charge on any atom is 0.319 e. The highest BCUT2D eigenvalue weighted by Crippen LogP contribution is 2.46. The van der Waals surface area contributed by atoms with Crippen LogP contribution >= 0.6 is 0 Å². The second-order valence-corrected chi connectivity index (χ2v) is 4.66.